The monoisotopic (exact) mass is 438 g/mol. The molecule has 0 saturated carbocycles. The molecular weight excluding hydrogens is 420 g/mol. The van der Waals surface area contributed by atoms with Gasteiger partial charge in [-0.25, -0.2) is 0 Å². The number of hydrogen-bond acceptors (Lipinski definition) is 6. The van der Waals surface area contributed by atoms with E-state index in [9.17, 15) is 4.79 Å². The highest BCUT2D eigenvalue weighted by atomic mass is 35.5. The SMILES string of the molecule is N#CCCCOc1cccc(/C=C(/Cl)c2nnc(C(=O)NCc3ccccc3)s2)c1. The van der Waals surface area contributed by atoms with E-state index in [1.165, 1.54) is 0 Å². The molecule has 1 heterocycles. The van der Waals surface area contributed by atoms with Gasteiger partial charge in [-0.2, -0.15) is 5.26 Å². The highest BCUT2D eigenvalue weighted by molar-refractivity contribution is 7.15. The van der Waals surface area contributed by atoms with Crippen molar-refractivity contribution in [2.24, 2.45) is 0 Å². The zero-order valence-corrected chi connectivity index (χ0v) is 17.6. The summed E-state index contributed by atoms with van der Waals surface area (Å²) in [5, 5.41) is 20.5. The van der Waals surface area contributed by atoms with E-state index in [-0.39, 0.29) is 10.9 Å². The van der Waals surface area contributed by atoms with Gasteiger partial charge in [0.05, 0.1) is 17.7 Å². The van der Waals surface area contributed by atoms with E-state index in [0.29, 0.717) is 41.8 Å². The van der Waals surface area contributed by atoms with Crippen LogP contribution in [0.3, 0.4) is 0 Å². The molecule has 1 amide bonds. The normalized spacial score (nSPS) is 11.0. The molecule has 2 aromatic carbocycles. The number of ether oxygens (including phenoxy) is 1. The number of nitrogens with one attached hydrogen (secondary N) is 1. The van der Waals surface area contributed by atoms with Crippen molar-refractivity contribution in [1.82, 2.24) is 15.5 Å². The van der Waals surface area contributed by atoms with Crippen molar-refractivity contribution in [3.63, 3.8) is 0 Å². The topological polar surface area (TPSA) is 87.9 Å². The summed E-state index contributed by atoms with van der Waals surface area (Å²) in [6.07, 6.45) is 2.89. The third-order valence-corrected chi connectivity index (χ3v) is 5.33. The lowest BCUT2D eigenvalue weighted by Gasteiger charge is -2.05. The molecular formula is C22H19ClN4O2S. The van der Waals surface area contributed by atoms with Gasteiger partial charge in [0.15, 0.2) is 5.01 Å². The zero-order chi connectivity index (χ0) is 21.2. The first-order valence-corrected chi connectivity index (χ1v) is 10.5. The molecule has 1 N–H and O–H groups in total. The smallest absolute Gasteiger partial charge is 0.282 e. The molecule has 1 aromatic heterocycles. The van der Waals surface area contributed by atoms with Crippen LogP contribution in [-0.2, 0) is 6.54 Å². The van der Waals surface area contributed by atoms with Crippen molar-refractivity contribution in [3.05, 3.63) is 75.7 Å². The van der Waals surface area contributed by atoms with Crippen LogP contribution in [0.2, 0.25) is 0 Å². The van der Waals surface area contributed by atoms with Gasteiger partial charge in [-0.05, 0) is 35.8 Å². The third kappa shape index (κ3) is 6.41. The summed E-state index contributed by atoms with van der Waals surface area (Å²) in [6.45, 7) is 0.894. The van der Waals surface area contributed by atoms with Crippen LogP contribution < -0.4 is 10.1 Å². The van der Waals surface area contributed by atoms with Crippen molar-refractivity contribution < 1.29 is 9.53 Å². The van der Waals surface area contributed by atoms with Crippen LogP contribution in [0, 0.1) is 11.3 Å². The molecule has 0 spiro atoms. The number of amides is 1. The van der Waals surface area contributed by atoms with Gasteiger partial charge in [-0.15, -0.1) is 10.2 Å². The summed E-state index contributed by atoms with van der Waals surface area (Å²) >= 11 is 7.52. The quantitative estimate of drug-likeness (QED) is 0.480. The van der Waals surface area contributed by atoms with E-state index in [1.54, 1.807) is 6.08 Å². The Morgan fingerprint density at radius 3 is 2.77 bits per heavy atom. The molecule has 0 aliphatic heterocycles. The second kappa shape index (κ2) is 11.1. The Bertz CT molecular complexity index is 1060. The summed E-state index contributed by atoms with van der Waals surface area (Å²) in [4.78, 5) is 12.3. The molecule has 0 bridgehead atoms. The van der Waals surface area contributed by atoms with Gasteiger partial charge >= 0.3 is 0 Å². The van der Waals surface area contributed by atoms with Gasteiger partial charge in [0.2, 0.25) is 5.01 Å². The van der Waals surface area contributed by atoms with Gasteiger partial charge in [0.1, 0.15) is 5.75 Å². The van der Waals surface area contributed by atoms with E-state index in [4.69, 9.17) is 21.6 Å². The predicted molar refractivity (Wildman–Crippen MR) is 118 cm³/mol. The Labute approximate surface area is 183 Å². The van der Waals surface area contributed by atoms with Crippen LogP contribution in [0.15, 0.2) is 54.6 Å². The first kappa shape index (κ1) is 21.5. The number of carbonyl (C=O) groups excluding carboxylic acids is 1. The summed E-state index contributed by atoms with van der Waals surface area (Å²) in [6, 6.07) is 19.2. The molecule has 0 aliphatic carbocycles. The molecule has 8 heteroatoms. The van der Waals surface area contributed by atoms with E-state index in [1.807, 2.05) is 54.6 Å². The molecule has 0 radical (unpaired) electrons. The van der Waals surface area contributed by atoms with Crippen molar-refractivity contribution in [1.29, 1.82) is 5.26 Å². The fourth-order valence-corrected chi connectivity index (χ4v) is 3.46. The molecule has 0 aliphatic rings. The second-order valence-corrected chi connectivity index (χ2v) is 7.64. The van der Waals surface area contributed by atoms with Crippen molar-refractivity contribution in [2.45, 2.75) is 19.4 Å². The number of halogens is 1. The Kier molecular flexibility index (Phi) is 7.95. The number of hydrogen-bond donors (Lipinski definition) is 1. The van der Waals surface area contributed by atoms with Crippen molar-refractivity contribution >= 4 is 40.0 Å². The van der Waals surface area contributed by atoms with Gasteiger partial charge in [0.25, 0.3) is 5.91 Å². The molecule has 0 atom stereocenters. The minimum atomic E-state index is -0.292. The number of rotatable bonds is 9. The Balaban J connectivity index is 1.61. The minimum Gasteiger partial charge on any atom is -0.494 e. The van der Waals surface area contributed by atoms with Gasteiger partial charge in [-0.1, -0.05) is 65.4 Å². The number of aromatic nitrogens is 2. The maximum absolute atomic E-state index is 12.3. The first-order chi connectivity index (χ1) is 14.7. The Morgan fingerprint density at radius 2 is 1.97 bits per heavy atom. The summed E-state index contributed by atoms with van der Waals surface area (Å²) < 4.78 is 5.63. The Morgan fingerprint density at radius 1 is 1.17 bits per heavy atom. The summed E-state index contributed by atoms with van der Waals surface area (Å²) in [5.74, 6) is 0.407. The molecule has 0 fully saturated rings. The highest BCUT2D eigenvalue weighted by Crippen LogP contribution is 2.26. The summed E-state index contributed by atoms with van der Waals surface area (Å²) in [5.41, 5.74) is 1.84. The molecule has 152 valence electrons. The average Bonchev–Trinajstić information content (AvgIpc) is 3.27. The maximum Gasteiger partial charge on any atom is 0.282 e. The van der Waals surface area contributed by atoms with Crippen LogP contribution >= 0.6 is 22.9 Å². The van der Waals surface area contributed by atoms with Gasteiger partial charge in [-0.3, -0.25) is 4.79 Å². The fraction of sp³-hybridized carbons (Fsp3) is 0.182. The zero-order valence-electron chi connectivity index (χ0n) is 16.0. The minimum absolute atomic E-state index is 0.252. The molecule has 6 nitrogen and oxygen atoms in total. The standard InChI is InChI=1S/C22H19ClN4O2S/c23-19(14-17-9-6-10-18(13-17)29-12-5-4-11-24)21-26-27-22(30-21)20(28)25-15-16-7-2-1-3-8-16/h1-3,6-10,13-14H,4-5,12,15H2,(H,25,28)/b19-14+. The average molecular weight is 439 g/mol. The fourth-order valence-electron chi connectivity index (χ4n) is 2.51. The van der Waals surface area contributed by atoms with E-state index >= 15 is 0 Å². The van der Waals surface area contributed by atoms with Gasteiger partial charge in [0, 0.05) is 13.0 Å². The number of carbonyl (C=O) groups is 1. The van der Waals surface area contributed by atoms with E-state index in [0.717, 1.165) is 22.5 Å². The molecule has 30 heavy (non-hydrogen) atoms. The lowest BCUT2D eigenvalue weighted by molar-refractivity contribution is 0.0950. The van der Waals surface area contributed by atoms with Crippen molar-refractivity contribution in [3.8, 4) is 11.8 Å². The summed E-state index contributed by atoms with van der Waals surface area (Å²) in [7, 11) is 0. The Hall–Kier alpha value is -3.21. The molecule has 0 unspecified atom stereocenters. The first-order valence-electron chi connectivity index (χ1n) is 9.29. The van der Waals surface area contributed by atoms with Crippen LogP contribution in [0.4, 0.5) is 0 Å². The molecule has 3 rings (SSSR count). The van der Waals surface area contributed by atoms with Crippen LogP contribution in [0.5, 0.6) is 5.75 Å². The van der Waals surface area contributed by atoms with Crippen LogP contribution in [0.1, 0.15) is 38.8 Å². The van der Waals surface area contributed by atoms with Crippen LogP contribution in [-0.4, -0.2) is 22.7 Å². The van der Waals surface area contributed by atoms with E-state index in [2.05, 4.69) is 21.6 Å². The van der Waals surface area contributed by atoms with E-state index < -0.39 is 0 Å². The predicted octanol–water partition coefficient (Wildman–Crippen LogP) is 4.89. The second-order valence-electron chi connectivity index (χ2n) is 6.26. The number of nitrogens with zero attached hydrogens (tertiary/aromatic N) is 3. The number of benzene rings is 2. The largest absolute Gasteiger partial charge is 0.494 e. The van der Waals surface area contributed by atoms with Gasteiger partial charge < -0.3 is 10.1 Å². The third-order valence-electron chi connectivity index (χ3n) is 3.97. The number of unbranched alkanes of at least 4 members (excludes halogenated alkanes) is 1. The number of nitriles is 1. The lowest BCUT2D eigenvalue weighted by Crippen LogP contribution is -2.22. The van der Waals surface area contributed by atoms with Crippen molar-refractivity contribution in [2.75, 3.05) is 6.61 Å². The lowest BCUT2D eigenvalue weighted by atomic mass is 10.2. The molecule has 0 saturated heterocycles. The van der Waals surface area contributed by atoms with Crippen LogP contribution in [0.25, 0.3) is 11.1 Å². The molecule has 3 aromatic rings. The maximum atomic E-state index is 12.3. The highest BCUT2D eigenvalue weighted by Gasteiger charge is 2.14.